The predicted molar refractivity (Wildman–Crippen MR) is 106 cm³/mol. The molecular formula is C19H19N3O2S2. The lowest BCUT2D eigenvalue weighted by atomic mass is 10.2. The standard InChI is InChI=1S/C19H19N3O2S2/c1-4-24-18(23)11-16-17(26-19(25)20-16)10-15-12(2)21-22(13(15)3)14-8-6-5-7-9-14/h5-11H,4H2,1-3H3,(H,20,25)/b16-11-,17-10-. The number of nitrogens with one attached hydrogen (secondary N) is 1. The Kier molecular flexibility index (Phi) is 5.49. The van der Waals surface area contributed by atoms with Gasteiger partial charge in [-0.05, 0) is 51.2 Å². The molecule has 0 radical (unpaired) electrons. The predicted octanol–water partition coefficient (Wildman–Crippen LogP) is 2.78. The number of H-pyrrole nitrogens is 1. The van der Waals surface area contributed by atoms with Crippen molar-refractivity contribution < 1.29 is 9.53 Å². The molecule has 0 spiro atoms. The van der Waals surface area contributed by atoms with Crippen molar-refractivity contribution in [3.05, 3.63) is 61.1 Å². The van der Waals surface area contributed by atoms with Gasteiger partial charge in [-0.15, -0.1) is 11.3 Å². The molecule has 26 heavy (non-hydrogen) atoms. The van der Waals surface area contributed by atoms with Crippen molar-refractivity contribution in [1.29, 1.82) is 0 Å². The molecule has 2 aromatic heterocycles. The summed E-state index contributed by atoms with van der Waals surface area (Å²) in [5, 5.41) is 5.31. The fraction of sp³-hybridized carbons (Fsp3) is 0.211. The summed E-state index contributed by atoms with van der Waals surface area (Å²) >= 11 is 6.67. The number of para-hydroxylation sites is 1. The molecule has 3 rings (SSSR count). The van der Waals surface area contributed by atoms with Crippen molar-refractivity contribution in [2.75, 3.05) is 6.61 Å². The number of hydrogen-bond acceptors (Lipinski definition) is 5. The van der Waals surface area contributed by atoms with Crippen LogP contribution in [0.25, 0.3) is 17.8 Å². The Labute approximate surface area is 160 Å². The molecule has 1 N–H and O–H groups in total. The number of thiazole rings is 1. The van der Waals surface area contributed by atoms with Gasteiger partial charge in [0.25, 0.3) is 0 Å². The maximum atomic E-state index is 11.8. The van der Waals surface area contributed by atoms with Crippen LogP contribution in [0.2, 0.25) is 0 Å². The smallest absolute Gasteiger partial charge is 0.332 e. The molecule has 0 aliphatic rings. The van der Waals surface area contributed by atoms with Gasteiger partial charge in [0, 0.05) is 17.3 Å². The van der Waals surface area contributed by atoms with Gasteiger partial charge >= 0.3 is 5.97 Å². The third-order valence-electron chi connectivity index (χ3n) is 3.88. The lowest BCUT2D eigenvalue weighted by Crippen LogP contribution is -2.23. The highest BCUT2D eigenvalue weighted by molar-refractivity contribution is 7.73. The van der Waals surface area contributed by atoms with Crippen LogP contribution in [0.5, 0.6) is 0 Å². The Bertz CT molecular complexity index is 1110. The van der Waals surface area contributed by atoms with Gasteiger partial charge in [0.2, 0.25) is 0 Å². The summed E-state index contributed by atoms with van der Waals surface area (Å²) in [6.07, 6.45) is 3.45. The lowest BCUT2D eigenvalue weighted by molar-refractivity contribution is -0.135. The SMILES string of the molecule is CCOC(=O)/C=c1\[nH]c(=S)s\c1=C/c1c(C)nn(-c2ccccc2)c1C. The van der Waals surface area contributed by atoms with E-state index in [0.29, 0.717) is 15.9 Å². The van der Waals surface area contributed by atoms with Crippen LogP contribution in [-0.4, -0.2) is 27.3 Å². The van der Waals surface area contributed by atoms with Gasteiger partial charge in [0.1, 0.15) is 0 Å². The monoisotopic (exact) mass is 385 g/mol. The van der Waals surface area contributed by atoms with Crippen LogP contribution < -0.4 is 9.88 Å². The van der Waals surface area contributed by atoms with Crippen LogP contribution in [0.3, 0.4) is 0 Å². The average molecular weight is 386 g/mol. The van der Waals surface area contributed by atoms with E-state index in [1.54, 1.807) is 6.92 Å². The molecular weight excluding hydrogens is 366 g/mol. The highest BCUT2D eigenvalue weighted by Crippen LogP contribution is 2.18. The Morgan fingerprint density at radius 3 is 2.77 bits per heavy atom. The zero-order chi connectivity index (χ0) is 18.7. The third-order valence-corrected chi connectivity index (χ3v) is 5.07. The largest absolute Gasteiger partial charge is 0.463 e. The third kappa shape index (κ3) is 3.84. The molecule has 0 amide bonds. The van der Waals surface area contributed by atoms with Gasteiger partial charge < -0.3 is 9.72 Å². The molecule has 0 atom stereocenters. The van der Waals surface area contributed by atoms with Crippen molar-refractivity contribution in [1.82, 2.24) is 14.8 Å². The van der Waals surface area contributed by atoms with Crippen molar-refractivity contribution in [3.63, 3.8) is 0 Å². The fourth-order valence-corrected chi connectivity index (χ4v) is 3.82. The zero-order valence-electron chi connectivity index (χ0n) is 14.8. The minimum Gasteiger partial charge on any atom is -0.463 e. The number of aromatic amines is 1. The zero-order valence-corrected chi connectivity index (χ0v) is 16.4. The molecule has 3 aromatic rings. The van der Waals surface area contributed by atoms with Crippen LogP contribution in [0.1, 0.15) is 23.9 Å². The quantitative estimate of drug-likeness (QED) is 0.554. The average Bonchev–Trinajstić information content (AvgIpc) is 3.09. The number of carbonyl (C=O) groups is 1. The molecule has 0 saturated heterocycles. The van der Waals surface area contributed by atoms with E-state index in [2.05, 4.69) is 10.1 Å². The van der Waals surface area contributed by atoms with Gasteiger partial charge in [-0.2, -0.15) is 5.10 Å². The van der Waals surface area contributed by atoms with Crippen molar-refractivity contribution in [3.8, 4) is 5.69 Å². The van der Waals surface area contributed by atoms with E-state index in [9.17, 15) is 4.79 Å². The Morgan fingerprint density at radius 1 is 1.35 bits per heavy atom. The number of carbonyl (C=O) groups excluding carboxylic acids is 1. The first-order chi connectivity index (χ1) is 12.5. The van der Waals surface area contributed by atoms with Crippen LogP contribution in [0, 0.1) is 17.8 Å². The molecule has 7 heteroatoms. The summed E-state index contributed by atoms with van der Waals surface area (Å²) in [4.78, 5) is 14.8. The summed E-state index contributed by atoms with van der Waals surface area (Å²) in [5.74, 6) is -0.389. The number of esters is 1. The maximum Gasteiger partial charge on any atom is 0.332 e. The van der Waals surface area contributed by atoms with Crippen molar-refractivity contribution >= 4 is 41.7 Å². The number of rotatable bonds is 4. The Balaban J connectivity index is 2.14. The molecule has 0 saturated carbocycles. The molecule has 0 unspecified atom stereocenters. The fourth-order valence-electron chi connectivity index (χ4n) is 2.68. The first-order valence-corrected chi connectivity index (χ1v) is 9.43. The second-order valence-corrected chi connectivity index (χ2v) is 7.38. The normalized spacial score (nSPS) is 12.6. The van der Waals surface area contributed by atoms with E-state index < -0.39 is 0 Å². The summed E-state index contributed by atoms with van der Waals surface area (Å²) in [6.45, 7) is 6.11. The molecule has 2 heterocycles. The van der Waals surface area contributed by atoms with Crippen molar-refractivity contribution in [2.45, 2.75) is 20.8 Å². The van der Waals surface area contributed by atoms with E-state index >= 15 is 0 Å². The van der Waals surface area contributed by atoms with Gasteiger partial charge in [0.05, 0.1) is 27.9 Å². The van der Waals surface area contributed by atoms with E-state index in [-0.39, 0.29) is 5.97 Å². The minimum atomic E-state index is -0.389. The highest BCUT2D eigenvalue weighted by atomic mass is 32.1. The van der Waals surface area contributed by atoms with Gasteiger partial charge in [-0.25, -0.2) is 9.48 Å². The molecule has 0 aliphatic heterocycles. The minimum absolute atomic E-state index is 0.335. The number of ether oxygens (including phenoxy) is 1. The van der Waals surface area contributed by atoms with Gasteiger partial charge in [-0.3, -0.25) is 0 Å². The molecule has 1 aromatic carbocycles. The molecule has 0 fully saturated rings. The van der Waals surface area contributed by atoms with Gasteiger partial charge in [-0.1, -0.05) is 18.2 Å². The van der Waals surface area contributed by atoms with E-state index in [4.69, 9.17) is 17.0 Å². The summed E-state index contributed by atoms with van der Waals surface area (Å²) < 4.78 is 8.40. The molecule has 0 bridgehead atoms. The molecule has 0 aliphatic carbocycles. The lowest BCUT2D eigenvalue weighted by Gasteiger charge is -2.03. The van der Waals surface area contributed by atoms with E-state index in [0.717, 1.165) is 27.2 Å². The number of hydrogen-bond donors (Lipinski definition) is 1. The number of nitrogens with zero attached hydrogens (tertiary/aromatic N) is 2. The molecule has 5 nitrogen and oxygen atoms in total. The summed E-state index contributed by atoms with van der Waals surface area (Å²) in [5.41, 5.74) is 3.95. The summed E-state index contributed by atoms with van der Waals surface area (Å²) in [6, 6.07) is 9.98. The van der Waals surface area contributed by atoms with Crippen molar-refractivity contribution in [2.24, 2.45) is 0 Å². The van der Waals surface area contributed by atoms with E-state index in [1.165, 1.54) is 17.4 Å². The van der Waals surface area contributed by atoms with Gasteiger partial charge in [0.15, 0.2) is 3.95 Å². The maximum absolute atomic E-state index is 11.8. The van der Waals surface area contributed by atoms with Crippen LogP contribution in [0.4, 0.5) is 0 Å². The molecule has 134 valence electrons. The van der Waals surface area contributed by atoms with Crippen LogP contribution >= 0.6 is 23.6 Å². The van der Waals surface area contributed by atoms with Crippen LogP contribution in [0.15, 0.2) is 30.3 Å². The first-order valence-electron chi connectivity index (χ1n) is 8.20. The first kappa shape index (κ1) is 18.3. The van der Waals surface area contributed by atoms with Crippen LogP contribution in [-0.2, 0) is 9.53 Å². The Hall–Kier alpha value is -2.51. The van der Waals surface area contributed by atoms with E-state index in [1.807, 2.05) is 54.9 Å². The second kappa shape index (κ2) is 7.80. The second-order valence-electron chi connectivity index (χ2n) is 5.67. The number of aryl methyl sites for hydroxylation is 1. The summed E-state index contributed by atoms with van der Waals surface area (Å²) in [7, 11) is 0. The highest BCUT2D eigenvalue weighted by Gasteiger charge is 2.11. The number of benzene rings is 1. The Morgan fingerprint density at radius 2 is 2.08 bits per heavy atom. The topological polar surface area (TPSA) is 59.9 Å². The number of aromatic nitrogens is 3.